The number of aliphatic imine (C=N–C) groups is 1. The van der Waals surface area contributed by atoms with Gasteiger partial charge in [-0.05, 0) is 20.3 Å². The second-order valence-corrected chi connectivity index (χ2v) is 4.52. The van der Waals surface area contributed by atoms with Crippen molar-refractivity contribution in [2.75, 3.05) is 0 Å². The molecule has 15 heavy (non-hydrogen) atoms. The van der Waals surface area contributed by atoms with E-state index < -0.39 is 0 Å². The molecule has 0 N–H and O–H groups in total. The fourth-order valence-electron chi connectivity index (χ4n) is 2.21. The van der Waals surface area contributed by atoms with Crippen molar-refractivity contribution in [3.8, 4) is 0 Å². The summed E-state index contributed by atoms with van der Waals surface area (Å²) in [7, 11) is 0. The first-order valence-corrected chi connectivity index (χ1v) is 5.07. The quantitative estimate of drug-likeness (QED) is 0.393. The molecule has 1 aliphatic carbocycles. The molecule has 0 aliphatic heterocycles. The molecule has 0 saturated heterocycles. The van der Waals surface area contributed by atoms with Crippen LogP contribution in [0, 0.1) is 5.41 Å². The van der Waals surface area contributed by atoms with Crippen LogP contribution in [-0.4, -0.2) is 12.1 Å². The molecule has 0 amide bonds. The van der Waals surface area contributed by atoms with Gasteiger partial charge in [0, 0.05) is 5.41 Å². The summed E-state index contributed by atoms with van der Waals surface area (Å²) < 4.78 is 0. The minimum absolute atomic E-state index is 0.137. The Kier molecular flexibility index (Phi) is 3.43. The maximum absolute atomic E-state index is 10.4. The van der Waals surface area contributed by atoms with E-state index in [4.69, 9.17) is 0 Å². The number of hydrogen-bond acceptors (Lipinski definition) is 2. The second kappa shape index (κ2) is 4.41. The molecule has 0 spiro atoms. The first kappa shape index (κ1) is 11.7. The Labute approximate surface area is 91.1 Å². The third kappa shape index (κ3) is 2.54. The van der Waals surface area contributed by atoms with Crippen molar-refractivity contribution >= 4 is 6.08 Å². The minimum atomic E-state index is -0.171. The summed E-state index contributed by atoms with van der Waals surface area (Å²) in [6.07, 6.45) is 8.76. The van der Waals surface area contributed by atoms with Gasteiger partial charge in [0.25, 0.3) is 0 Å². The Hall–Kier alpha value is -1.40. The Bertz CT molecular complexity index is 370. The van der Waals surface area contributed by atoms with Crippen LogP contribution in [0.1, 0.15) is 27.2 Å². The van der Waals surface area contributed by atoms with Crippen molar-refractivity contribution < 1.29 is 4.79 Å². The van der Waals surface area contributed by atoms with Crippen LogP contribution in [0.4, 0.5) is 0 Å². The molecule has 2 heteroatoms. The molecular weight excluding hydrogens is 186 g/mol. The average Bonchev–Trinajstić information content (AvgIpc) is 2.13. The average molecular weight is 203 g/mol. The van der Waals surface area contributed by atoms with Gasteiger partial charge in [-0.3, -0.25) is 0 Å². The molecule has 0 bridgehead atoms. The molecule has 0 saturated carbocycles. The molecule has 2 atom stereocenters. The predicted molar refractivity (Wildman–Crippen MR) is 62.3 cm³/mol. The van der Waals surface area contributed by atoms with Crippen molar-refractivity contribution in [1.82, 2.24) is 0 Å². The third-order valence-electron chi connectivity index (χ3n) is 2.79. The van der Waals surface area contributed by atoms with Crippen molar-refractivity contribution in [2.45, 2.75) is 33.2 Å². The monoisotopic (exact) mass is 203 g/mol. The number of rotatable bonds is 3. The van der Waals surface area contributed by atoms with Gasteiger partial charge in [-0.1, -0.05) is 42.9 Å². The van der Waals surface area contributed by atoms with Gasteiger partial charge >= 0.3 is 0 Å². The summed E-state index contributed by atoms with van der Waals surface area (Å²) in [4.78, 5) is 14.3. The Balaban J connectivity index is 3.03. The van der Waals surface area contributed by atoms with Crippen LogP contribution in [0.15, 0.2) is 40.9 Å². The molecule has 0 aromatic rings. The molecule has 0 heterocycles. The normalized spacial score (nSPS) is 26.5. The van der Waals surface area contributed by atoms with E-state index in [1.54, 1.807) is 6.08 Å². The summed E-state index contributed by atoms with van der Waals surface area (Å²) in [5.41, 5.74) is 2.06. The standard InChI is InChI=1S/C13H17NO/c1-10(2)12(14-9-15)13(4)7-5-6-11(3)8-13/h5-7,12H,1,8H2,2-4H3. The topological polar surface area (TPSA) is 29.4 Å². The third-order valence-corrected chi connectivity index (χ3v) is 2.79. The molecule has 1 rings (SSSR count). The number of carbonyl (C=O) groups excluding carboxylic acids is 1. The highest BCUT2D eigenvalue weighted by atomic mass is 16.1. The lowest BCUT2D eigenvalue weighted by atomic mass is 9.73. The van der Waals surface area contributed by atoms with E-state index in [0.29, 0.717) is 0 Å². The van der Waals surface area contributed by atoms with E-state index in [0.717, 1.165) is 12.0 Å². The second-order valence-electron chi connectivity index (χ2n) is 4.52. The van der Waals surface area contributed by atoms with Gasteiger partial charge < -0.3 is 0 Å². The van der Waals surface area contributed by atoms with Crippen molar-refractivity contribution in [3.63, 3.8) is 0 Å². The minimum Gasteiger partial charge on any atom is -0.211 e. The van der Waals surface area contributed by atoms with Crippen molar-refractivity contribution in [2.24, 2.45) is 10.4 Å². The van der Waals surface area contributed by atoms with Gasteiger partial charge in [0.15, 0.2) is 0 Å². The summed E-state index contributed by atoms with van der Waals surface area (Å²) in [5, 5.41) is 0. The van der Waals surface area contributed by atoms with Gasteiger partial charge in [-0.25, -0.2) is 4.79 Å². The van der Waals surface area contributed by atoms with E-state index >= 15 is 0 Å². The largest absolute Gasteiger partial charge is 0.235 e. The van der Waals surface area contributed by atoms with E-state index in [1.807, 2.05) is 13.0 Å². The molecule has 0 fully saturated rings. The van der Waals surface area contributed by atoms with Gasteiger partial charge in [0.2, 0.25) is 6.08 Å². The number of hydrogen-bond donors (Lipinski definition) is 0. The molecule has 1 aliphatic rings. The Morgan fingerprint density at radius 1 is 1.73 bits per heavy atom. The lowest BCUT2D eigenvalue weighted by molar-refractivity contribution is 0.361. The van der Waals surface area contributed by atoms with Crippen LogP contribution in [0.3, 0.4) is 0 Å². The molecule has 0 aromatic heterocycles. The maximum atomic E-state index is 10.4. The van der Waals surface area contributed by atoms with Crippen LogP contribution >= 0.6 is 0 Å². The zero-order valence-corrected chi connectivity index (χ0v) is 9.58. The van der Waals surface area contributed by atoms with Crippen molar-refractivity contribution in [3.05, 3.63) is 36.0 Å². The fourth-order valence-corrected chi connectivity index (χ4v) is 2.21. The number of nitrogens with zero attached hydrogens (tertiary/aromatic N) is 1. The molecule has 2 unspecified atom stereocenters. The highest BCUT2D eigenvalue weighted by Gasteiger charge is 2.33. The molecule has 2 nitrogen and oxygen atoms in total. The van der Waals surface area contributed by atoms with Gasteiger partial charge in [-0.2, -0.15) is 4.99 Å². The van der Waals surface area contributed by atoms with Crippen LogP contribution < -0.4 is 0 Å². The van der Waals surface area contributed by atoms with Gasteiger partial charge in [0.05, 0.1) is 6.04 Å². The lowest BCUT2D eigenvalue weighted by Crippen LogP contribution is -2.31. The summed E-state index contributed by atoms with van der Waals surface area (Å²) >= 11 is 0. The van der Waals surface area contributed by atoms with Crippen LogP contribution in [-0.2, 0) is 4.79 Å². The van der Waals surface area contributed by atoms with E-state index in [2.05, 4.69) is 37.6 Å². The SMILES string of the molecule is C=C(C)C(N=C=O)C1(C)C=CC=C(C)C1. The molecule has 0 radical (unpaired) electrons. The summed E-state index contributed by atoms with van der Waals surface area (Å²) in [6, 6.07) is -0.171. The van der Waals surface area contributed by atoms with Crippen LogP contribution in [0.2, 0.25) is 0 Å². The number of allylic oxidation sites excluding steroid dienone is 3. The maximum Gasteiger partial charge on any atom is 0.235 e. The highest BCUT2D eigenvalue weighted by molar-refractivity contribution is 5.37. The van der Waals surface area contributed by atoms with E-state index in [1.165, 1.54) is 5.57 Å². The summed E-state index contributed by atoms with van der Waals surface area (Å²) in [6.45, 7) is 9.98. The Morgan fingerprint density at radius 3 is 2.87 bits per heavy atom. The molecular formula is C13H17NO. The Morgan fingerprint density at radius 2 is 2.40 bits per heavy atom. The number of isocyanates is 1. The van der Waals surface area contributed by atoms with Crippen molar-refractivity contribution in [1.29, 1.82) is 0 Å². The van der Waals surface area contributed by atoms with Gasteiger partial charge in [-0.15, -0.1) is 0 Å². The predicted octanol–water partition coefficient (Wildman–Crippen LogP) is 3.18. The zero-order chi connectivity index (χ0) is 11.5. The van der Waals surface area contributed by atoms with E-state index in [9.17, 15) is 4.79 Å². The summed E-state index contributed by atoms with van der Waals surface area (Å²) in [5.74, 6) is 0. The van der Waals surface area contributed by atoms with Crippen LogP contribution in [0.5, 0.6) is 0 Å². The lowest BCUT2D eigenvalue weighted by Gasteiger charge is -2.34. The van der Waals surface area contributed by atoms with Gasteiger partial charge in [0.1, 0.15) is 0 Å². The first-order chi connectivity index (χ1) is 6.99. The molecule has 80 valence electrons. The highest BCUT2D eigenvalue weighted by Crippen LogP contribution is 2.38. The smallest absolute Gasteiger partial charge is 0.211 e. The van der Waals surface area contributed by atoms with E-state index in [-0.39, 0.29) is 11.5 Å². The molecule has 0 aromatic carbocycles. The first-order valence-electron chi connectivity index (χ1n) is 5.07. The van der Waals surface area contributed by atoms with Crippen LogP contribution in [0.25, 0.3) is 0 Å². The zero-order valence-electron chi connectivity index (χ0n) is 9.58. The fraction of sp³-hybridized carbons (Fsp3) is 0.462.